The van der Waals surface area contributed by atoms with Crippen molar-refractivity contribution in [1.29, 1.82) is 0 Å². The van der Waals surface area contributed by atoms with Crippen LogP contribution in [0.25, 0.3) is 0 Å². The fourth-order valence-electron chi connectivity index (χ4n) is 1.73. The van der Waals surface area contributed by atoms with Crippen molar-refractivity contribution >= 4 is 0 Å². The predicted molar refractivity (Wildman–Crippen MR) is 67.9 cm³/mol. The molecule has 0 fully saturated rings. The van der Waals surface area contributed by atoms with Crippen LogP contribution in [0, 0.1) is 16.7 Å². The average molecular weight is 214 g/mol. The van der Waals surface area contributed by atoms with E-state index in [2.05, 4.69) is 48.5 Å². The van der Waals surface area contributed by atoms with Crippen LogP contribution in [0.2, 0.25) is 0 Å². The van der Waals surface area contributed by atoms with E-state index in [9.17, 15) is 5.11 Å². The zero-order chi connectivity index (χ0) is 12.3. The minimum atomic E-state index is -0.171. The van der Waals surface area contributed by atoms with Gasteiger partial charge in [0.15, 0.2) is 0 Å². The Morgan fingerprint density at radius 3 is 1.80 bits per heavy atom. The van der Waals surface area contributed by atoms with Crippen molar-refractivity contribution < 1.29 is 5.11 Å². The van der Waals surface area contributed by atoms with Crippen LogP contribution in [0.15, 0.2) is 0 Å². The molecule has 0 aliphatic heterocycles. The van der Waals surface area contributed by atoms with Crippen molar-refractivity contribution in [3.8, 4) is 0 Å². The largest absolute Gasteiger partial charge is 0.393 e. The van der Waals surface area contributed by atoms with Crippen molar-refractivity contribution in [3.63, 3.8) is 0 Å². The van der Waals surface area contributed by atoms with E-state index in [1.807, 2.05) is 0 Å². The highest BCUT2D eigenvalue weighted by molar-refractivity contribution is 4.82. The maximum absolute atomic E-state index is 10.3. The van der Waals surface area contributed by atoms with Crippen molar-refractivity contribution in [2.45, 2.75) is 73.8 Å². The number of hydrogen-bond donors (Lipinski definition) is 1. The molecule has 0 rings (SSSR count). The van der Waals surface area contributed by atoms with Gasteiger partial charge in [-0.25, -0.2) is 0 Å². The maximum atomic E-state index is 10.3. The van der Waals surface area contributed by atoms with Gasteiger partial charge in [0.2, 0.25) is 0 Å². The first-order valence-electron chi connectivity index (χ1n) is 6.34. The highest BCUT2D eigenvalue weighted by Gasteiger charge is 2.32. The van der Waals surface area contributed by atoms with E-state index in [1.165, 1.54) is 0 Å². The summed E-state index contributed by atoms with van der Waals surface area (Å²) in [6.45, 7) is 15.6. The van der Waals surface area contributed by atoms with Crippen LogP contribution in [0.4, 0.5) is 0 Å². The number of aliphatic hydroxyl groups excluding tert-OH is 1. The Kier molecular flexibility index (Phi) is 5.32. The third-order valence-corrected chi connectivity index (χ3v) is 4.44. The zero-order valence-corrected chi connectivity index (χ0v) is 11.7. The normalized spacial score (nSPS) is 17.6. The van der Waals surface area contributed by atoms with E-state index in [0.717, 1.165) is 19.3 Å². The highest BCUT2D eigenvalue weighted by Crippen LogP contribution is 2.37. The lowest BCUT2D eigenvalue weighted by Crippen LogP contribution is -2.34. The SMILES string of the molecule is CCC(C)(C)CC(O)C(C)C(C)(C)CC. The molecule has 0 spiro atoms. The van der Waals surface area contributed by atoms with Crippen LogP contribution < -0.4 is 0 Å². The molecule has 1 heteroatoms. The molecule has 0 aromatic heterocycles. The lowest BCUT2D eigenvalue weighted by Gasteiger charge is -2.37. The lowest BCUT2D eigenvalue weighted by molar-refractivity contribution is 0.0119. The predicted octanol–water partition coefficient (Wildman–Crippen LogP) is 4.25. The van der Waals surface area contributed by atoms with Gasteiger partial charge in [-0.15, -0.1) is 0 Å². The Hall–Kier alpha value is -0.0400. The molecule has 0 aliphatic rings. The molecule has 1 N–H and O–H groups in total. The first-order valence-corrected chi connectivity index (χ1v) is 6.34. The van der Waals surface area contributed by atoms with E-state index >= 15 is 0 Å². The minimum Gasteiger partial charge on any atom is -0.393 e. The smallest absolute Gasteiger partial charge is 0.0575 e. The fourth-order valence-corrected chi connectivity index (χ4v) is 1.73. The first kappa shape index (κ1) is 15.0. The molecule has 92 valence electrons. The summed E-state index contributed by atoms with van der Waals surface area (Å²) in [4.78, 5) is 0. The van der Waals surface area contributed by atoms with Gasteiger partial charge in [-0.3, -0.25) is 0 Å². The highest BCUT2D eigenvalue weighted by atomic mass is 16.3. The van der Waals surface area contributed by atoms with Gasteiger partial charge < -0.3 is 5.11 Å². The van der Waals surface area contributed by atoms with E-state index in [-0.39, 0.29) is 16.9 Å². The Labute approximate surface area is 96.3 Å². The van der Waals surface area contributed by atoms with Gasteiger partial charge in [0.25, 0.3) is 0 Å². The van der Waals surface area contributed by atoms with Gasteiger partial charge in [0.05, 0.1) is 6.10 Å². The summed E-state index contributed by atoms with van der Waals surface area (Å²) in [5, 5.41) is 10.3. The zero-order valence-electron chi connectivity index (χ0n) is 11.7. The van der Waals surface area contributed by atoms with Gasteiger partial charge in [-0.2, -0.15) is 0 Å². The molecular weight excluding hydrogens is 184 g/mol. The van der Waals surface area contributed by atoms with Crippen LogP contribution in [0.1, 0.15) is 67.7 Å². The molecule has 0 aromatic carbocycles. The van der Waals surface area contributed by atoms with Crippen LogP contribution >= 0.6 is 0 Å². The number of aliphatic hydroxyl groups is 1. The van der Waals surface area contributed by atoms with Gasteiger partial charge in [-0.1, -0.05) is 61.3 Å². The molecule has 0 heterocycles. The van der Waals surface area contributed by atoms with Gasteiger partial charge in [0.1, 0.15) is 0 Å². The number of hydrogen-bond acceptors (Lipinski definition) is 1. The lowest BCUT2D eigenvalue weighted by atomic mass is 9.71. The average Bonchev–Trinajstić information content (AvgIpc) is 2.16. The molecule has 0 saturated carbocycles. The van der Waals surface area contributed by atoms with E-state index in [4.69, 9.17) is 0 Å². The molecule has 0 amide bonds. The van der Waals surface area contributed by atoms with Crippen molar-refractivity contribution in [2.75, 3.05) is 0 Å². The molecule has 1 nitrogen and oxygen atoms in total. The van der Waals surface area contributed by atoms with E-state index in [1.54, 1.807) is 0 Å². The maximum Gasteiger partial charge on any atom is 0.0575 e. The number of rotatable bonds is 6. The third kappa shape index (κ3) is 4.55. The molecule has 15 heavy (non-hydrogen) atoms. The summed E-state index contributed by atoms with van der Waals surface area (Å²) in [6.07, 6.45) is 2.99. The Morgan fingerprint density at radius 1 is 1.00 bits per heavy atom. The van der Waals surface area contributed by atoms with Crippen LogP contribution in [0.3, 0.4) is 0 Å². The van der Waals surface area contributed by atoms with Crippen LogP contribution in [0.5, 0.6) is 0 Å². The second kappa shape index (κ2) is 5.34. The Morgan fingerprint density at radius 2 is 1.47 bits per heavy atom. The van der Waals surface area contributed by atoms with Gasteiger partial charge >= 0.3 is 0 Å². The second-order valence-corrected chi connectivity index (χ2v) is 6.42. The molecule has 0 aliphatic carbocycles. The van der Waals surface area contributed by atoms with Gasteiger partial charge in [-0.05, 0) is 23.2 Å². The summed E-state index contributed by atoms with van der Waals surface area (Å²) >= 11 is 0. The minimum absolute atomic E-state index is 0.171. The van der Waals surface area contributed by atoms with E-state index in [0.29, 0.717) is 5.92 Å². The fraction of sp³-hybridized carbons (Fsp3) is 1.00. The van der Waals surface area contributed by atoms with Crippen molar-refractivity contribution in [1.82, 2.24) is 0 Å². The molecule has 0 radical (unpaired) electrons. The molecule has 0 aromatic rings. The first-order chi connectivity index (χ1) is 6.66. The monoisotopic (exact) mass is 214 g/mol. The second-order valence-electron chi connectivity index (χ2n) is 6.42. The summed E-state index contributed by atoms with van der Waals surface area (Å²) in [6, 6.07) is 0. The molecule has 0 bridgehead atoms. The summed E-state index contributed by atoms with van der Waals surface area (Å²) < 4.78 is 0. The summed E-state index contributed by atoms with van der Waals surface area (Å²) in [5.41, 5.74) is 0.501. The van der Waals surface area contributed by atoms with Crippen LogP contribution in [-0.2, 0) is 0 Å². The molecular formula is C14H30O. The van der Waals surface area contributed by atoms with E-state index < -0.39 is 0 Å². The van der Waals surface area contributed by atoms with Gasteiger partial charge in [0, 0.05) is 0 Å². The third-order valence-electron chi connectivity index (χ3n) is 4.44. The molecule has 2 atom stereocenters. The van der Waals surface area contributed by atoms with Crippen molar-refractivity contribution in [2.24, 2.45) is 16.7 Å². The quantitative estimate of drug-likeness (QED) is 0.701. The Balaban J connectivity index is 4.40. The van der Waals surface area contributed by atoms with Crippen LogP contribution in [-0.4, -0.2) is 11.2 Å². The standard InChI is InChI=1S/C14H30O/c1-8-13(4,5)10-12(15)11(3)14(6,7)9-2/h11-12,15H,8-10H2,1-7H3. The van der Waals surface area contributed by atoms with Crippen molar-refractivity contribution in [3.05, 3.63) is 0 Å². The molecule has 0 saturated heterocycles. The summed E-state index contributed by atoms with van der Waals surface area (Å²) in [7, 11) is 0. The molecule has 2 unspecified atom stereocenters. The topological polar surface area (TPSA) is 20.2 Å². The summed E-state index contributed by atoms with van der Waals surface area (Å²) in [5.74, 6) is 0.369. The Bertz CT molecular complexity index is 182.